The lowest BCUT2D eigenvalue weighted by atomic mass is 10.1. The van der Waals surface area contributed by atoms with E-state index in [0.29, 0.717) is 10.8 Å². The number of halogens is 2. The summed E-state index contributed by atoms with van der Waals surface area (Å²) >= 11 is 12.3. The van der Waals surface area contributed by atoms with Crippen molar-refractivity contribution in [2.24, 2.45) is 0 Å². The quantitative estimate of drug-likeness (QED) is 0.852. The zero-order valence-corrected chi connectivity index (χ0v) is 13.0. The molecule has 1 N–H and O–H groups in total. The third-order valence-corrected chi connectivity index (χ3v) is 3.84. The van der Waals surface area contributed by atoms with E-state index in [-0.39, 0.29) is 6.04 Å². The molecule has 0 saturated carbocycles. The predicted molar refractivity (Wildman–Crippen MR) is 84.7 cm³/mol. The molecule has 2 nitrogen and oxygen atoms in total. The van der Waals surface area contributed by atoms with Gasteiger partial charge in [-0.05, 0) is 36.2 Å². The van der Waals surface area contributed by atoms with Gasteiger partial charge >= 0.3 is 0 Å². The molecule has 2 aromatic rings. The smallest absolute Gasteiger partial charge is 0.137 e. The van der Waals surface area contributed by atoms with Gasteiger partial charge in [0.15, 0.2) is 0 Å². The number of hydrogen-bond donors (Lipinski definition) is 1. The van der Waals surface area contributed by atoms with Crippen molar-refractivity contribution in [3.05, 3.63) is 63.6 Å². The summed E-state index contributed by atoms with van der Waals surface area (Å²) < 4.78 is 5.14. The fraction of sp³-hybridized carbons (Fsp3) is 0.250. The van der Waals surface area contributed by atoms with Crippen LogP contribution in [0.5, 0.6) is 5.75 Å². The largest absolute Gasteiger partial charge is 0.495 e. The number of benzene rings is 2. The molecule has 0 spiro atoms. The number of ether oxygens (including phenoxy) is 1. The van der Waals surface area contributed by atoms with E-state index in [0.717, 1.165) is 22.7 Å². The molecule has 0 aliphatic heterocycles. The summed E-state index contributed by atoms with van der Waals surface area (Å²) in [5.74, 6) is 0.689. The maximum atomic E-state index is 6.19. The SMILES string of the molecule is COc1ccc(CN[C@H](C)c2ccccc2Cl)cc1Cl. The zero-order valence-electron chi connectivity index (χ0n) is 11.5. The maximum Gasteiger partial charge on any atom is 0.137 e. The predicted octanol–water partition coefficient (Wildman–Crippen LogP) is 4.85. The zero-order chi connectivity index (χ0) is 14.5. The van der Waals surface area contributed by atoms with Crippen molar-refractivity contribution < 1.29 is 4.74 Å². The van der Waals surface area contributed by atoms with Crippen LogP contribution in [0.3, 0.4) is 0 Å². The van der Waals surface area contributed by atoms with Gasteiger partial charge in [0, 0.05) is 17.6 Å². The topological polar surface area (TPSA) is 21.3 Å². The van der Waals surface area contributed by atoms with Crippen LogP contribution < -0.4 is 10.1 Å². The van der Waals surface area contributed by atoms with Gasteiger partial charge in [0.1, 0.15) is 5.75 Å². The van der Waals surface area contributed by atoms with Crippen LogP contribution in [0.1, 0.15) is 24.1 Å². The lowest BCUT2D eigenvalue weighted by Gasteiger charge is -2.16. The second-order valence-corrected chi connectivity index (χ2v) is 5.41. The summed E-state index contributed by atoms with van der Waals surface area (Å²) in [5.41, 5.74) is 2.20. The Hall–Kier alpha value is -1.22. The van der Waals surface area contributed by atoms with E-state index in [1.165, 1.54) is 0 Å². The van der Waals surface area contributed by atoms with Crippen LogP contribution in [0.25, 0.3) is 0 Å². The highest BCUT2D eigenvalue weighted by atomic mass is 35.5. The van der Waals surface area contributed by atoms with E-state index < -0.39 is 0 Å². The first-order valence-electron chi connectivity index (χ1n) is 6.42. The van der Waals surface area contributed by atoms with E-state index in [2.05, 4.69) is 12.2 Å². The fourth-order valence-electron chi connectivity index (χ4n) is 2.03. The molecule has 0 aromatic heterocycles. The van der Waals surface area contributed by atoms with Gasteiger partial charge in [0.25, 0.3) is 0 Å². The molecule has 20 heavy (non-hydrogen) atoms. The van der Waals surface area contributed by atoms with Gasteiger partial charge in [0.05, 0.1) is 12.1 Å². The Bertz CT molecular complexity index is 586. The van der Waals surface area contributed by atoms with Crippen LogP contribution in [-0.2, 0) is 6.54 Å². The van der Waals surface area contributed by atoms with Gasteiger partial charge in [-0.2, -0.15) is 0 Å². The maximum absolute atomic E-state index is 6.19. The van der Waals surface area contributed by atoms with Crippen molar-refractivity contribution in [2.75, 3.05) is 7.11 Å². The Morgan fingerprint density at radius 3 is 2.50 bits per heavy atom. The molecule has 0 unspecified atom stereocenters. The molecule has 2 rings (SSSR count). The molecule has 0 aliphatic rings. The van der Waals surface area contributed by atoms with Gasteiger partial charge < -0.3 is 10.1 Å². The average molecular weight is 310 g/mol. The molecule has 4 heteroatoms. The highest BCUT2D eigenvalue weighted by molar-refractivity contribution is 6.32. The van der Waals surface area contributed by atoms with Crippen molar-refractivity contribution >= 4 is 23.2 Å². The molecule has 1 atom stereocenters. The van der Waals surface area contributed by atoms with Crippen LogP contribution in [0.15, 0.2) is 42.5 Å². The average Bonchev–Trinajstić information content (AvgIpc) is 2.45. The van der Waals surface area contributed by atoms with E-state index in [1.807, 2.05) is 42.5 Å². The first-order chi connectivity index (χ1) is 9.61. The fourth-order valence-corrected chi connectivity index (χ4v) is 2.61. The van der Waals surface area contributed by atoms with E-state index in [9.17, 15) is 0 Å². The van der Waals surface area contributed by atoms with Crippen molar-refractivity contribution in [2.45, 2.75) is 19.5 Å². The van der Waals surface area contributed by atoms with Crippen molar-refractivity contribution in [1.29, 1.82) is 0 Å². The first kappa shape index (κ1) is 15.2. The first-order valence-corrected chi connectivity index (χ1v) is 7.17. The van der Waals surface area contributed by atoms with Crippen LogP contribution in [0.2, 0.25) is 10.0 Å². The highest BCUT2D eigenvalue weighted by Gasteiger charge is 2.09. The molecular weight excluding hydrogens is 293 g/mol. The van der Waals surface area contributed by atoms with Crippen LogP contribution in [0, 0.1) is 0 Å². The third-order valence-electron chi connectivity index (χ3n) is 3.20. The highest BCUT2D eigenvalue weighted by Crippen LogP contribution is 2.26. The lowest BCUT2D eigenvalue weighted by molar-refractivity contribution is 0.414. The minimum Gasteiger partial charge on any atom is -0.495 e. The number of rotatable bonds is 5. The van der Waals surface area contributed by atoms with Crippen molar-refractivity contribution in [3.8, 4) is 5.75 Å². The lowest BCUT2D eigenvalue weighted by Crippen LogP contribution is -2.18. The normalized spacial score (nSPS) is 12.2. The molecule has 0 heterocycles. The summed E-state index contributed by atoms with van der Waals surface area (Å²) in [7, 11) is 1.61. The van der Waals surface area contributed by atoms with Crippen molar-refractivity contribution in [1.82, 2.24) is 5.32 Å². The number of hydrogen-bond acceptors (Lipinski definition) is 2. The van der Waals surface area contributed by atoms with E-state index >= 15 is 0 Å². The van der Waals surface area contributed by atoms with Gasteiger partial charge in [-0.1, -0.05) is 47.5 Å². The second-order valence-electron chi connectivity index (χ2n) is 4.59. The Morgan fingerprint density at radius 2 is 1.85 bits per heavy atom. The molecule has 106 valence electrons. The summed E-state index contributed by atoms with van der Waals surface area (Å²) in [6.45, 7) is 2.81. The molecule has 0 amide bonds. The Labute approximate surface area is 129 Å². The van der Waals surface area contributed by atoms with Gasteiger partial charge in [0.2, 0.25) is 0 Å². The molecule has 0 bridgehead atoms. The summed E-state index contributed by atoms with van der Waals surface area (Å²) in [6.07, 6.45) is 0. The van der Waals surface area contributed by atoms with E-state index in [1.54, 1.807) is 7.11 Å². The standard InChI is InChI=1S/C16H17Cl2NO/c1-11(13-5-3-4-6-14(13)17)19-10-12-7-8-16(20-2)15(18)9-12/h3-9,11,19H,10H2,1-2H3/t11-/m1/s1. The minimum absolute atomic E-state index is 0.171. The molecule has 0 aliphatic carbocycles. The molecule has 2 aromatic carbocycles. The van der Waals surface area contributed by atoms with Crippen LogP contribution >= 0.6 is 23.2 Å². The second kappa shape index (κ2) is 6.98. The molecule has 0 saturated heterocycles. The van der Waals surface area contributed by atoms with Gasteiger partial charge in [-0.25, -0.2) is 0 Å². The Morgan fingerprint density at radius 1 is 1.10 bits per heavy atom. The Kier molecular flexibility index (Phi) is 5.30. The van der Waals surface area contributed by atoms with Gasteiger partial charge in [-0.15, -0.1) is 0 Å². The van der Waals surface area contributed by atoms with Gasteiger partial charge in [-0.3, -0.25) is 0 Å². The monoisotopic (exact) mass is 309 g/mol. The summed E-state index contributed by atoms with van der Waals surface area (Å²) in [6, 6.07) is 13.8. The molecule has 0 radical (unpaired) electrons. The molecular formula is C16H17Cl2NO. The molecule has 0 fully saturated rings. The minimum atomic E-state index is 0.171. The Balaban J connectivity index is 2.02. The van der Waals surface area contributed by atoms with Crippen molar-refractivity contribution in [3.63, 3.8) is 0 Å². The third kappa shape index (κ3) is 3.66. The van der Waals surface area contributed by atoms with Crippen LogP contribution in [0.4, 0.5) is 0 Å². The summed E-state index contributed by atoms with van der Waals surface area (Å²) in [4.78, 5) is 0. The number of methoxy groups -OCH3 is 1. The van der Waals surface area contributed by atoms with Crippen LogP contribution in [-0.4, -0.2) is 7.11 Å². The summed E-state index contributed by atoms with van der Waals surface area (Å²) in [5, 5.41) is 4.84. The number of nitrogens with one attached hydrogen (secondary N) is 1. The van der Waals surface area contributed by atoms with E-state index in [4.69, 9.17) is 27.9 Å².